The SMILES string of the molecule is c1ccc(-c2nc(-c3ccc(-c4ccccc4-c4ccccc4)cc3)nc(-c3ccc4ccc(-c5cccc6ccc7nc(-c8ccccc8)oc7c56)cc4c3)n2)cc1. The molecule has 0 aliphatic heterocycles. The Morgan fingerprint density at radius 3 is 1.44 bits per heavy atom. The van der Waals surface area contributed by atoms with E-state index in [-0.39, 0.29) is 0 Å². The van der Waals surface area contributed by atoms with Crippen molar-refractivity contribution in [3.05, 3.63) is 206 Å². The van der Waals surface area contributed by atoms with Crippen LogP contribution in [-0.2, 0) is 0 Å². The van der Waals surface area contributed by atoms with Gasteiger partial charge in [-0.15, -0.1) is 0 Å². The maximum absolute atomic E-state index is 6.51. The highest BCUT2D eigenvalue weighted by molar-refractivity contribution is 6.12. The molecule has 11 aromatic rings. The van der Waals surface area contributed by atoms with Crippen LogP contribution >= 0.6 is 0 Å². The molecule has 0 unspecified atom stereocenters. The molecule has 0 N–H and O–H groups in total. The standard InChI is InChI=1S/C54H34N4O/c1-4-13-36(14-5-1)45-20-10-11-21-46(45)37-25-27-40(28-26-37)52-56-51(39-15-6-2-7-16-39)57-53(58-52)43-30-24-35-23-29-42(33-44(35)34-43)47-22-12-19-38-31-32-48-50(49(38)47)59-54(55-48)41-17-8-3-9-18-41/h1-34H. The second-order valence-corrected chi connectivity index (χ2v) is 14.6. The Morgan fingerprint density at radius 2 is 0.763 bits per heavy atom. The van der Waals surface area contributed by atoms with Crippen molar-refractivity contribution in [1.29, 1.82) is 0 Å². The van der Waals surface area contributed by atoms with E-state index in [1.165, 1.54) is 16.7 Å². The predicted octanol–water partition coefficient (Wildman–Crippen LogP) is 14.0. The summed E-state index contributed by atoms with van der Waals surface area (Å²) in [7, 11) is 0. The van der Waals surface area contributed by atoms with Crippen molar-refractivity contribution in [2.45, 2.75) is 0 Å². The van der Waals surface area contributed by atoms with Crippen LogP contribution in [0.3, 0.4) is 0 Å². The Labute approximate surface area is 341 Å². The number of aromatic nitrogens is 4. The molecule has 5 heteroatoms. The Kier molecular flexibility index (Phi) is 8.41. The van der Waals surface area contributed by atoms with E-state index >= 15 is 0 Å². The third-order valence-corrected chi connectivity index (χ3v) is 11.0. The van der Waals surface area contributed by atoms with Gasteiger partial charge in [0.05, 0.1) is 0 Å². The third kappa shape index (κ3) is 6.41. The van der Waals surface area contributed by atoms with Gasteiger partial charge in [0, 0.05) is 27.6 Å². The number of nitrogens with zero attached hydrogens (tertiary/aromatic N) is 4. The van der Waals surface area contributed by atoms with E-state index in [0.29, 0.717) is 23.4 Å². The number of rotatable bonds is 7. The number of benzene rings is 9. The van der Waals surface area contributed by atoms with Crippen LogP contribution in [0.1, 0.15) is 0 Å². The van der Waals surface area contributed by atoms with Gasteiger partial charge in [-0.2, -0.15) is 0 Å². The van der Waals surface area contributed by atoms with Crippen molar-refractivity contribution in [3.8, 4) is 79.0 Å². The highest BCUT2D eigenvalue weighted by Gasteiger charge is 2.17. The third-order valence-electron chi connectivity index (χ3n) is 11.0. The summed E-state index contributed by atoms with van der Waals surface area (Å²) in [5.41, 5.74) is 12.2. The molecule has 0 saturated carbocycles. The Morgan fingerprint density at radius 1 is 0.288 bits per heavy atom. The van der Waals surface area contributed by atoms with E-state index in [0.717, 1.165) is 71.6 Å². The molecule has 276 valence electrons. The summed E-state index contributed by atoms with van der Waals surface area (Å²) >= 11 is 0. The average Bonchev–Trinajstić information content (AvgIpc) is 3.77. The predicted molar refractivity (Wildman–Crippen MR) is 240 cm³/mol. The minimum atomic E-state index is 0.613. The van der Waals surface area contributed by atoms with Crippen LogP contribution in [0.2, 0.25) is 0 Å². The number of hydrogen-bond acceptors (Lipinski definition) is 5. The summed E-state index contributed by atoms with van der Waals surface area (Å²) in [5, 5.41) is 4.34. The minimum absolute atomic E-state index is 0.613. The van der Waals surface area contributed by atoms with Crippen LogP contribution in [0.5, 0.6) is 0 Å². The van der Waals surface area contributed by atoms with Gasteiger partial charge in [-0.1, -0.05) is 176 Å². The Hall–Kier alpha value is -8.02. The summed E-state index contributed by atoms with van der Waals surface area (Å²) < 4.78 is 6.51. The lowest BCUT2D eigenvalue weighted by molar-refractivity contribution is 0.623. The first-order valence-electron chi connectivity index (χ1n) is 19.7. The highest BCUT2D eigenvalue weighted by Crippen LogP contribution is 2.39. The van der Waals surface area contributed by atoms with Gasteiger partial charge in [-0.05, 0) is 79.9 Å². The summed E-state index contributed by atoms with van der Waals surface area (Å²) in [6, 6.07) is 71.3. The number of oxazole rings is 1. The van der Waals surface area contributed by atoms with Crippen LogP contribution in [0.15, 0.2) is 211 Å². The molecule has 0 aliphatic rings. The monoisotopic (exact) mass is 754 g/mol. The van der Waals surface area contributed by atoms with Gasteiger partial charge in [0.2, 0.25) is 5.89 Å². The van der Waals surface area contributed by atoms with Gasteiger partial charge in [0.25, 0.3) is 0 Å². The summed E-state index contributed by atoms with van der Waals surface area (Å²) in [5.74, 6) is 2.47. The van der Waals surface area contributed by atoms with Gasteiger partial charge in [0.15, 0.2) is 23.1 Å². The number of fused-ring (bicyclic) bond motifs is 4. The molecule has 0 bridgehead atoms. The van der Waals surface area contributed by atoms with Crippen molar-refractivity contribution in [2.24, 2.45) is 0 Å². The smallest absolute Gasteiger partial charge is 0.227 e. The fourth-order valence-electron chi connectivity index (χ4n) is 8.01. The van der Waals surface area contributed by atoms with E-state index in [4.69, 9.17) is 24.4 Å². The van der Waals surface area contributed by atoms with Crippen LogP contribution in [0, 0.1) is 0 Å². The molecule has 5 nitrogen and oxygen atoms in total. The molecule has 0 aliphatic carbocycles. The molecule has 0 fully saturated rings. The fourth-order valence-corrected chi connectivity index (χ4v) is 8.01. The van der Waals surface area contributed by atoms with Crippen LogP contribution < -0.4 is 0 Å². The van der Waals surface area contributed by atoms with Gasteiger partial charge in [-0.3, -0.25) is 0 Å². The Bertz CT molecular complexity index is 3310. The second-order valence-electron chi connectivity index (χ2n) is 14.6. The van der Waals surface area contributed by atoms with Gasteiger partial charge in [-0.25, -0.2) is 19.9 Å². The summed E-state index contributed by atoms with van der Waals surface area (Å²) in [6.45, 7) is 0. The van der Waals surface area contributed by atoms with Crippen molar-refractivity contribution < 1.29 is 4.42 Å². The lowest BCUT2D eigenvalue weighted by Crippen LogP contribution is -2.00. The van der Waals surface area contributed by atoms with E-state index in [9.17, 15) is 0 Å². The van der Waals surface area contributed by atoms with Gasteiger partial charge >= 0.3 is 0 Å². The van der Waals surface area contributed by atoms with Crippen LogP contribution in [-0.4, -0.2) is 19.9 Å². The molecule has 59 heavy (non-hydrogen) atoms. The average molecular weight is 755 g/mol. The van der Waals surface area contributed by atoms with E-state index in [2.05, 4.69) is 133 Å². The zero-order valence-electron chi connectivity index (χ0n) is 31.8. The normalized spacial score (nSPS) is 11.4. The molecule has 0 atom stereocenters. The highest BCUT2D eigenvalue weighted by atomic mass is 16.3. The minimum Gasteiger partial charge on any atom is -0.435 e. The van der Waals surface area contributed by atoms with E-state index in [1.54, 1.807) is 0 Å². The largest absolute Gasteiger partial charge is 0.435 e. The number of hydrogen-bond donors (Lipinski definition) is 0. The Balaban J connectivity index is 1.000. The maximum Gasteiger partial charge on any atom is 0.227 e. The molecule has 0 spiro atoms. The first-order chi connectivity index (χ1) is 29.2. The van der Waals surface area contributed by atoms with Crippen LogP contribution in [0.4, 0.5) is 0 Å². The summed E-state index contributed by atoms with van der Waals surface area (Å²) in [4.78, 5) is 20.1. The first-order valence-corrected chi connectivity index (χ1v) is 19.7. The second kappa shape index (κ2) is 14.5. The molecule has 0 amide bonds. The lowest BCUT2D eigenvalue weighted by atomic mass is 9.94. The molecule has 9 aromatic carbocycles. The van der Waals surface area contributed by atoms with E-state index < -0.39 is 0 Å². The van der Waals surface area contributed by atoms with E-state index in [1.807, 2.05) is 72.8 Å². The van der Waals surface area contributed by atoms with Gasteiger partial charge in [0.1, 0.15) is 5.52 Å². The molecule has 11 rings (SSSR count). The summed E-state index contributed by atoms with van der Waals surface area (Å²) in [6.07, 6.45) is 0. The van der Waals surface area contributed by atoms with Crippen LogP contribution in [0.25, 0.3) is 112 Å². The van der Waals surface area contributed by atoms with Gasteiger partial charge < -0.3 is 4.42 Å². The van der Waals surface area contributed by atoms with Crippen molar-refractivity contribution in [2.75, 3.05) is 0 Å². The molecule has 0 saturated heterocycles. The van der Waals surface area contributed by atoms with Crippen molar-refractivity contribution >= 4 is 32.6 Å². The molecule has 2 heterocycles. The first kappa shape index (κ1) is 34.2. The molecular formula is C54H34N4O. The topological polar surface area (TPSA) is 64.7 Å². The fraction of sp³-hybridized carbons (Fsp3) is 0. The quantitative estimate of drug-likeness (QED) is 0.162. The molecule has 0 radical (unpaired) electrons. The lowest BCUT2D eigenvalue weighted by Gasteiger charge is -2.12. The zero-order valence-corrected chi connectivity index (χ0v) is 31.8. The molecular weight excluding hydrogens is 721 g/mol. The maximum atomic E-state index is 6.51. The van der Waals surface area contributed by atoms with Crippen molar-refractivity contribution in [3.63, 3.8) is 0 Å². The van der Waals surface area contributed by atoms with Crippen molar-refractivity contribution in [1.82, 2.24) is 19.9 Å². The molecule has 2 aromatic heterocycles. The zero-order chi connectivity index (χ0) is 39.1.